The molecule has 2 aliphatic rings. The maximum atomic E-state index is 13.6. The number of rotatable bonds is 5. The first-order valence-corrected chi connectivity index (χ1v) is 11.8. The normalized spacial score (nSPS) is 23.2. The first-order chi connectivity index (χ1) is 12.4. The summed E-state index contributed by atoms with van der Waals surface area (Å²) in [6.45, 7) is 10.4. The van der Waals surface area contributed by atoms with Crippen molar-refractivity contribution in [1.82, 2.24) is 4.31 Å². The number of ether oxygens (including phenoxy) is 1. The van der Waals surface area contributed by atoms with Gasteiger partial charge in [0.25, 0.3) is 0 Å². The number of benzene rings is 1. The Labute approximate surface area is 161 Å². The van der Waals surface area contributed by atoms with E-state index in [-0.39, 0.29) is 6.04 Å². The van der Waals surface area contributed by atoms with Gasteiger partial charge in [0.1, 0.15) is 17.3 Å². The Bertz CT molecular complexity index is 743. The largest absolute Gasteiger partial charge is 0.490 e. The molecule has 0 N–H and O–H groups in total. The summed E-state index contributed by atoms with van der Waals surface area (Å²) in [6.07, 6.45) is 2.42. The Hall–Kier alpha value is -1.18. The molecular formula is C19H28N2O3S2. The fraction of sp³-hybridized carbons (Fsp3) is 0.579. The van der Waals surface area contributed by atoms with Crippen molar-refractivity contribution < 1.29 is 13.2 Å². The number of nitrogens with zero attached hydrogens (tertiary/aromatic N) is 2. The van der Waals surface area contributed by atoms with Crippen molar-refractivity contribution in [3.63, 3.8) is 0 Å². The quantitative estimate of drug-likeness (QED) is 0.715. The maximum absolute atomic E-state index is 13.6. The predicted molar refractivity (Wildman–Crippen MR) is 109 cm³/mol. The molecular weight excluding hydrogens is 368 g/mol. The van der Waals surface area contributed by atoms with E-state index in [1.165, 1.54) is 0 Å². The Morgan fingerprint density at radius 2 is 2.08 bits per heavy atom. The van der Waals surface area contributed by atoms with Gasteiger partial charge in [-0.3, -0.25) is 0 Å². The molecule has 26 heavy (non-hydrogen) atoms. The summed E-state index contributed by atoms with van der Waals surface area (Å²) in [5.41, 5.74) is 0.766. The molecule has 0 bridgehead atoms. The van der Waals surface area contributed by atoms with Crippen LogP contribution >= 0.6 is 11.8 Å². The smallest absolute Gasteiger partial charge is 0.249 e. The van der Waals surface area contributed by atoms with Gasteiger partial charge in [-0.1, -0.05) is 26.0 Å². The average molecular weight is 397 g/mol. The average Bonchev–Trinajstić information content (AvgIpc) is 2.72. The zero-order valence-corrected chi connectivity index (χ0v) is 17.2. The van der Waals surface area contributed by atoms with E-state index in [4.69, 9.17) is 4.74 Å². The molecule has 1 aromatic rings. The third-order valence-corrected chi connectivity index (χ3v) is 7.70. The molecule has 0 aliphatic carbocycles. The fourth-order valence-electron chi connectivity index (χ4n) is 3.62. The lowest BCUT2D eigenvalue weighted by Gasteiger charge is -2.32. The van der Waals surface area contributed by atoms with Crippen molar-refractivity contribution in [2.75, 3.05) is 42.6 Å². The molecule has 1 fully saturated rings. The van der Waals surface area contributed by atoms with E-state index in [0.29, 0.717) is 29.7 Å². The van der Waals surface area contributed by atoms with E-state index in [9.17, 15) is 8.42 Å². The van der Waals surface area contributed by atoms with Gasteiger partial charge in [0, 0.05) is 31.1 Å². The second-order valence-corrected chi connectivity index (χ2v) is 10.2. The standard InChI is InChI=1S/C19H28N2O3S2/c1-4-8-21-16(13-15(2)3)14-24-18-7-5-6-17(19(18)26(21,22)23)20-9-11-25-12-10-20/h4-7,15-16H,1,8-14H2,2-3H3/t16-/m1/s1. The second-order valence-electron chi connectivity index (χ2n) is 7.16. The predicted octanol–water partition coefficient (Wildman–Crippen LogP) is 3.22. The number of thioether (sulfide) groups is 1. The number of hydrogen-bond acceptors (Lipinski definition) is 5. The van der Waals surface area contributed by atoms with Crippen molar-refractivity contribution >= 4 is 27.5 Å². The van der Waals surface area contributed by atoms with Gasteiger partial charge >= 0.3 is 0 Å². The Kier molecular flexibility index (Phi) is 6.20. The van der Waals surface area contributed by atoms with Crippen molar-refractivity contribution in [1.29, 1.82) is 0 Å². The molecule has 144 valence electrons. The van der Waals surface area contributed by atoms with Crippen LogP contribution in [0.4, 0.5) is 5.69 Å². The first-order valence-electron chi connectivity index (χ1n) is 9.16. The van der Waals surface area contributed by atoms with E-state index in [2.05, 4.69) is 25.3 Å². The van der Waals surface area contributed by atoms with E-state index in [1.807, 2.05) is 23.9 Å². The Balaban J connectivity index is 2.08. The molecule has 0 saturated carbocycles. The molecule has 0 radical (unpaired) electrons. The number of anilines is 1. The Morgan fingerprint density at radius 1 is 1.35 bits per heavy atom. The van der Waals surface area contributed by atoms with Crippen LogP contribution in [-0.2, 0) is 10.0 Å². The van der Waals surface area contributed by atoms with Crippen LogP contribution in [0.3, 0.4) is 0 Å². The summed E-state index contributed by atoms with van der Waals surface area (Å²) < 4.78 is 34.9. The van der Waals surface area contributed by atoms with Crippen LogP contribution in [0, 0.1) is 5.92 Å². The SMILES string of the molecule is C=CCN1[C@H](CC(C)C)COc2cccc(N3CCSCC3)c2S1(=O)=O. The maximum Gasteiger partial charge on any atom is 0.249 e. The summed E-state index contributed by atoms with van der Waals surface area (Å²) in [7, 11) is -3.67. The number of hydrogen-bond donors (Lipinski definition) is 0. The molecule has 2 heterocycles. The summed E-state index contributed by atoms with van der Waals surface area (Å²) in [5.74, 6) is 2.88. The highest BCUT2D eigenvalue weighted by Crippen LogP contribution is 2.40. The van der Waals surface area contributed by atoms with Crippen LogP contribution in [0.25, 0.3) is 0 Å². The topological polar surface area (TPSA) is 49.9 Å². The Morgan fingerprint density at radius 3 is 2.73 bits per heavy atom. The van der Waals surface area contributed by atoms with E-state index < -0.39 is 10.0 Å². The summed E-state index contributed by atoms with van der Waals surface area (Å²) in [6, 6.07) is 5.39. The number of fused-ring (bicyclic) bond motifs is 1. The van der Waals surface area contributed by atoms with Gasteiger partial charge in [-0.25, -0.2) is 8.42 Å². The highest BCUT2D eigenvalue weighted by Gasteiger charge is 2.39. The highest BCUT2D eigenvalue weighted by molar-refractivity contribution is 7.99. The molecule has 0 spiro atoms. The van der Waals surface area contributed by atoms with Gasteiger partial charge in [0.15, 0.2) is 0 Å². The van der Waals surface area contributed by atoms with E-state index in [0.717, 1.165) is 36.7 Å². The van der Waals surface area contributed by atoms with Crippen LogP contribution < -0.4 is 9.64 Å². The van der Waals surface area contributed by atoms with Gasteiger partial charge < -0.3 is 9.64 Å². The lowest BCUT2D eigenvalue weighted by atomic mass is 10.0. The lowest BCUT2D eigenvalue weighted by molar-refractivity contribution is 0.198. The minimum atomic E-state index is -3.67. The molecule has 2 aliphatic heterocycles. The van der Waals surface area contributed by atoms with Crippen LogP contribution in [0.15, 0.2) is 35.7 Å². The zero-order valence-electron chi connectivity index (χ0n) is 15.6. The van der Waals surface area contributed by atoms with Crippen LogP contribution in [0.5, 0.6) is 5.75 Å². The van der Waals surface area contributed by atoms with Crippen LogP contribution in [0.2, 0.25) is 0 Å². The van der Waals surface area contributed by atoms with Gasteiger partial charge in [0.05, 0.1) is 11.7 Å². The van der Waals surface area contributed by atoms with Gasteiger partial charge in [0.2, 0.25) is 10.0 Å². The van der Waals surface area contributed by atoms with Gasteiger partial charge in [-0.15, -0.1) is 6.58 Å². The molecule has 0 amide bonds. The molecule has 7 heteroatoms. The minimum Gasteiger partial charge on any atom is -0.490 e. The molecule has 0 unspecified atom stereocenters. The molecule has 5 nitrogen and oxygen atoms in total. The zero-order chi connectivity index (χ0) is 18.7. The van der Waals surface area contributed by atoms with Crippen molar-refractivity contribution in [2.24, 2.45) is 5.92 Å². The summed E-state index contributed by atoms with van der Waals surface area (Å²) >= 11 is 1.90. The minimum absolute atomic E-state index is 0.185. The molecule has 0 aromatic heterocycles. The monoisotopic (exact) mass is 396 g/mol. The van der Waals surface area contributed by atoms with Crippen molar-refractivity contribution in [3.05, 3.63) is 30.9 Å². The molecule has 1 saturated heterocycles. The summed E-state index contributed by atoms with van der Waals surface area (Å²) in [4.78, 5) is 2.49. The fourth-order valence-corrected chi connectivity index (χ4v) is 6.44. The third kappa shape index (κ3) is 3.89. The molecule has 3 rings (SSSR count). The lowest BCUT2D eigenvalue weighted by Crippen LogP contribution is -2.43. The van der Waals surface area contributed by atoms with Gasteiger partial charge in [-0.2, -0.15) is 16.1 Å². The molecule has 1 aromatic carbocycles. The second kappa shape index (κ2) is 8.23. The van der Waals surface area contributed by atoms with E-state index in [1.54, 1.807) is 16.4 Å². The van der Waals surface area contributed by atoms with Crippen molar-refractivity contribution in [2.45, 2.75) is 31.2 Å². The van der Waals surface area contributed by atoms with E-state index >= 15 is 0 Å². The number of sulfonamides is 1. The van der Waals surface area contributed by atoms with Gasteiger partial charge in [-0.05, 0) is 24.5 Å². The van der Waals surface area contributed by atoms with Crippen LogP contribution in [-0.4, -0.2) is 56.5 Å². The molecule has 1 atom stereocenters. The third-order valence-electron chi connectivity index (χ3n) is 4.77. The summed E-state index contributed by atoms with van der Waals surface area (Å²) in [5, 5.41) is 0. The first kappa shape index (κ1) is 19.6. The van der Waals surface area contributed by atoms with Crippen molar-refractivity contribution in [3.8, 4) is 5.75 Å². The highest BCUT2D eigenvalue weighted by atomic mass is 32.2. The van der Waals surface area contributed by atoms with Crippen LogP contribution in [0.1, 0.15) is 20.3 Å².